The van der Waals surface area contributed by atoms with Crippen molar-refractivity contribution < 1.29 is 0 Å². The predicted molar refractivity (Wildman–Crippen MR) is 83.2 cm³/mol. The molecule has 1 aromatic heterocycles. The molecule has 3 heteroatoms. The van der Waals surface area contributed by atoms with E-state index in [0.717, 1.165) is 27.7 Å². The summed E-state index contributed by atoms with van der Waals surface area (Å²) in [6.45, 7) is 0.776. The number of hydrogen-bond acceptors (Lipinski definition) is 2. The van der Waals surface area contributed by atoms with Crippen LogP contribution in [0.3, 0.4) is 0 Å². The second-order valence-electron chi connectivity index (χ2n) is 4.37. The van der Waals surface area contributed by atoms with Gasteiger partial charge in [-0.05, 0) is 35.9 Å². The number of benzene rings is 2. The minimum absolute atomic E-state index is 0.776. The van der Waals surface area contributed by atoms with Gasteiger partial charge in [0.25, 0.3) is 0 Å². The quantitative estimate of drug-likeness (QED) is 0.764. The van der Waals surface area contributed by atoms with Crippen molar-refractivity contribution in [1.82, 2.24) is 4.98 Å². The predicted octanol–water partition coefficient (Wildman–Crippen LogP) is 4.61. The third-order valence-electron chi connectivity index (χ3n) is 2.99. The van der Waals surface area contributed by atoms with E-state index in [1.807, 2.05) is 36.4 Å². The molecule has 1 N–H and O–H groups in total. The maximum atomic E-state index is 4.59. The molecular weight excluding hydrogens is 300 g/mol. The number of halogens is 1. The van der Waals surface area contributed by atoms with Crippen molar-refractivity contribution >= 4 is 32.7 Å². The molecule has 0 aliphatic heterocycles. The molecule has 0 saturated heterocycles. The van der Waals surface area contributed by atoms with Crippen LogP contribution in [-0.2, 0) is 6.54 Å². The highest BCUT2D eigenvalue weighted by atomic mass is 79.9. The van der Waals surface area contributed by atoms with Crippen LogP contribution in [0.4, 0.5) is 5.82 Å². The Hall–Kier alpha value is -1.87. The number of rotatable bonds is 3. The maximum Gasteiger partial charge on any atom is 0.126 e. The van der Waals surface area contributed by atoms with E-state index >= 15 is 0 Å². The highest BCUT2D eigenvalue weighted by Crippen LogP contribution is 2.16. The SMILES string of the molecule is Brc1ccc(CNc2ccc3ccccc3n2)cc1. The van der Waals surface area contributed by atoms with Gasteiger partial charge in [-0.1, -0.05) is 46.3 Å². The molecule has 19 heavy (non-hydrogen) atoms. The average Bonchev–Trinajstić information content (AvgIpc) is 2.46. The van der Waals surface area contributed by atoms with Crippen LogP contribution in [0.2, 0.25) is 0 Å². The van der Waals surface area contributed by atoms with E-state index in [2.05, 4.69) is 50.5 Å². The molecule has 0 spiro atoms. The summed E-state index contributed by atoms with van der Waals surface area (Å²) in [5, 5.41) is 4.51. The molecule has 0 unspecified atom stereocenters. The summed E-state index contributed by atoms with van der Waals surface area (Å²) in [7, 11) is 0. The third kappa shape index (κ3) is 2.93. The van der Waals surface area contributed by atoms with Gasteiger partial charge >= 0.3 is 0 Å². The Balaban J connectivity index is 1.76. The molecule has 0 amide bonds. The Morgan fingerprint density at radius 2 is 1.68 bits per heavy atom. The second-order valence-corrected chi connectivity index (χ2v) is 5.28. The molecule has 2 nitrogen and oxygen atoms in total. The van der Waals surface area contributed by atoms with Crippen molar-refractivity contribution in [2.24, 2.45) is 0 Å². The molecule has 3 rings (SSSR count). The van der Waals surface area contributed by atoms with Crippen LogP contribution in [0.5, 0.6) is 0 Å². The molecule has 1 heterocycles. The normalized spacial score (nSPS) is 10.6. The van der Waals surface area contributed by atoms with Crippen LogP contribution in [0, 0.1) is 0 Å². The Kier molecular flexibility index (Phi) is 3.47. The van der Waals surface area contributed by atoms with Crippen LogP contribution in [-0.4, -0.2) is 4.98 Å². The van der Waals surface area contributed by atoms with Gasteiger partial charge in [0.15, 0.2) is 0 Å². The first-order valence-corrected chi connectivity index (χ1v) is 6.95. The molecule has 0 radical (unpaired) electrons. The largest absolute Gasteiger partial charge is 0.366 e. The van der Waals surface area contributed by atoms with Crippen molar-refractivity contribution in [1.29, 1.82) is 0 Å². The Morgan fingerprint density at radius 1 is 0.895 bits per heavy atom. The Morgan fingerprint density at radius 3 is 2.53 bits per heavy atom. The molecule has 0 bridgehead atoms. The lowest BCUT2D eigenvalue weighted by Gasteiger charge is -2.07. The van der Waals surface area contributed by atoms with E-state index in [9.17, 15) is 0 Å². The second kappa shape index (κ2) is 5.41. The standard InChI is InChI=1S/C16H13BrN2/c17-14-8-5-12(6-9-14)11-18-16-10-7-13-3-1-2-4-15(13)19-16/h1-10H,11H2,(H,18,19). The minimum atomic E-state index is 0.776. The van der Waals surface area contributed by atoms with E-state index in [-0.39, 0.29) is 0 Å². The Bertz CT molecular complexity index is 692. The monoisotopic (exact) mass is 312 g/mol. The fourth-order valence-electron chi connectivity index (χ4n) is 1.96. The van der Waals surface area contributed by atoms with Gasteiger partial charge in [-0.2, -0.15) is 0 Å². The van der Waals surface area contributed by atoms with Gasteiger partial charge in [-0.3, -0.25) is 0 Å². The summed E-state index contributed by atoms with van der Waals surface area (Å²) >= 11 is 3.44. The van der Waals surface area contributed by atoms with Crippen molar-refractivity contribution in [3.05, 3.63) is 70.7 Å². The summed E-state index contributed by atoms with van der Waals surface area (Å²) in [4.78, 5) is 4.59. The number of anilines is 1. The fraction of sp³-hybridized carbons (Fsp3) is 0.0625. The van der Waals surface area contributed by atoms with Crippen molar-refractivity contribution in [3.63, 3.8) is 0 Å². The zero-order chi connectivity index (χ0) is 13.1. The lowest BCUT2D eigenvalue weighted by molar-refractivity contribution is 1.12. The van der Waals surface area contributed by atoms with E-state index in [1.54, 1.807) is 0 Å². The third-order valence-corrected chi connectivity index (χ3v) is 3.51. The van der Waals surface area contributed by atoms with Gasteiger partial charge in [0.2, 0.25) is 0 Å². The van der Waals surface area contributed by atoms with Gasteiger partial charge in [0.05, 0.1) is 5.52 Å². The van der Waals surface area contributed by atoms with E-state index < -0.39 is 0 Å². The molecule has 0 aliphatic carbocycles. The number of nitrogens with zero attached hydrogens (tertiary/aromatic N) is 1. The number of para-hydroxylation sites is 1. The summed E-state index contributed by atoms with van der Waals surface area (Å²) in [6, 6.07) is 20.5. The van der Waals surface area contributed by atoms with Gasteiger partial charge in [-0.15, -0.1) is 0 Å². The van der Waals surface area contributed by atoms with Gasteiger partial charge in [0.1, 0.15) is 5.82 Å². The molecule has 0 aliphatic rings. The first-order chi connectivity index (χ1) is 9.31. The number of fused-ring (bicyclic) bond motifs is 1. The summed E-state index contributed by atoms with van der Waals surface area (Å²) in [5.74, 6) is 0.904. The lowest BCUT2D eigenvalue weighted by Crippen LogP contribution is -2.01. The maximum absolute atomic E-state index is 4.59. The van der Waals surface area contributed by atoms with Crippen LogP contribution in [0.1, 0.15) is 5.56 Å². The highest BCUT2D eigenvalue weighted by Gasteiger charge is 1.98. The summed E-state index contributed by atoms with van der Waals surface area (Å²) < 4.78 is 1.10. The number of hydrogen-bond donors (Lipinski definition) is 1. The molecule has 2 aromatic carbocycles. The summed E-state index contributed by atoms with van der Waals surface area (Å²) in [5.41, 5.74) is 2.25. The first kappa shape index (κ1) is 12.2. The van der Waals surface area contributed by atoms with Gasteiger partial charge in [0, 0.05) is 16.4 Å². The minimum Gasteiger partial charge on any atom is -0.366 e. The topological polar surface area (TPSA) is 24.9 Å². The number of nitrogens with one attached hydrogen (secondary N) is 1. The van der Waals surface area contributed by atoms with E-state index in [0.29, 0.717) is 0 Å². The van der Waals surface area contributed by atoms with Crippen molar-refractivity contribution in [2.75, 3.05) is 5.32 Å². The molecular formula is C16H13BrN2. The zero-order valence-corrected chi connectivity index (χ0v) is 11.9. The fourth-order valence-corrected chi connectivity index (χ4v) is 2.22. The van der Waals surface area contributed by atoms with Crippen LogP contribution in [0.15, 0.2) is 65.1 Å². The van der Waals surface area contributed by atoms with Crippen LogP contribution in [0.25, 0.3) is 10.9 Å². The smallest absolute Gasteiger partial charge is 0.126 e. The van der Waals surface area contributed by atoms with Crippen LogP contribution < -0.4 is 5.32 Å². The van der Waals surface area contributed by atoms with E-state index in [1.165, 1.54) is 5.56 Å². The van der Waals surface area contributed by atoms with Gasteiger partial charge < -0.3 is 5.32 Å². The molecule has 94 valence electrons. The van der Waals surface area contributed by atoms with E-state index in [4.69, 9.17) is 0 Å². The van der Waals surface area contributed by atoms with Gasteiger partial charge in [-0.25, -0.2) is 4.98 Å². The summed E-state index contributed by atoms with van der Waals surface area (Å²) in [6.07, 6.45) is 0. The first-order valence-electron chi connectivity index (χ1n) is 6.15. The van der Waals surface area contributed by atoms with Crippen LogP contribution >= 0.6 is 15.9 Å². The lowest BCUT2D eigenvalue weighted by atomic mass is 10.2. The number of pyridine rings is 1. The molecule has 0 fully saturated rings. The van der Waals surface area contributed by atoms with Crippen molar-refractivity contribution in [2.45, 2.75) is 6.54 Å². The molecule has 0 saturated carbocycles. The zero-order valence-electron chi connectivity index (χ0n) is 10.3. The molecule has 0 atom stereocenters. The highest BCUT2D eigenvalue weighted by molar-refractivity contribution is 9.10. The number of aromatic nitrogens is 1. The average molecular weight is 313 g/mol. The molecule has 3 aromatic rings. The Labute approximate surface area is 120 Å². The van der Waals surface area contributed by atoms with Crippen molar-refractivity contribution in [3.8, 4) is 0 Å².